The van der Waals surface area contributed by atoms with E-state index in [1.54, 1.807) is 6.92 Å². The third-order valence-corrected chi connectivity index (χ3v) is 2.19. The van der Waals surface area contributed by atoms with E-state index < -0.39 is 0 Å². The molecular formula is C9H18O2. The second kappa shape index (κ2) is 4.07. The van der Waals surface area contributed by atoms with Gasteiger partial charge in [-0.25, -0.2) is 0 Å². The highest BCUT2D eigenvalue weighted by Crippen LogP contribution is 2.29. The molecule has 0 saturated carbocycles. The van der Waals surface area contributed by atoms with Crippen LogP contribution >= 0.6 is 0 Å². The van der Waals surface area contributed by atoms with E-state index in [1.165, 1.54) is 19.3 Å². The summed E-state index contributed by atoms with van der Waals surface area (Å²) in [4.78, 5) is 0. The third kappa shape index (κ3) is 2.80. The van der Waals surface area contributed by atoms with Gasteiger partial charge in [0.2, 0.25) is 0 Å². The van der Waals surface area contributed by atoms with E-state index >= 15 is 0 Å². The Bertz CT molecular complexity index is 112. The van der Waals surface area contributed by atoms with Crippen LogP contribution in [0.3, 0.4) is 0 Å². The van der Waals surface area contributed by atoms with Crippen molar-refractivity contribution in [3.63, 3.8) is 0 Å². The summed E-state index contributed by atoms with van der Waals surface area (Å²) in [5, 5.41) is 9.09. The van der Waals surface area contributed by atoms with Gasteiger partial charge in [-0.05, 0) is 13.3 Å². The number of aliphatic hydroxyl groups excluding tert-OH is 1. The Balaban J connectivity index is 1.96. The molecule has 0 radical (unpaired) electrons. The summed E-state index contributed by atoms with van der Waals surface area (Å²) in [5.41, 5.74) is 0. The van der Waals surface area contributed by atoms with Gasteiger partial charge in [0, 0.05) is 0 Å². The highest BCUT2D eigenvalue weighted by atomic mass is 16.6. The van der Waals surface area contributed by atoms with E-state index in [9.17, 15) is 0 Å². The number of aliphatic hydroxyl groups is 1. The van der Waals surface area contributed by atoms with E-state index in [0.29, 0.717) is 6.10 Å². The van der Waals surface area contributed by atoms with Crippen molar-refractivity contribution in [1.29, 1.82) is 0 Å². The van der Waals surface area contributed by atoms with Gasteiger partial charge in [-0.15, -0.1) is 0 Å². The molecule has 0 aromatic heterocycles. The maximum Gasteiger partial charge on any atom is 0.110 e. The zero-order valence-corrected chi connectivity index (χ0v) is 7.42. The molecule has 2 heteroatoms. The van der Waals surface area contributed by atoms with E-state index in [2.05, 4.69) is 6.92 Å². The summed E-state index contributed by atoms with van der Waals surface area (Å²) in [6.07, 6.45) is 5.14. The molecule has 11 heavy (non-hydrogen) atoms. The average Bonchev–Trinajstić information content (AvgIpc) is 2.68. The first-order chi connectivity index (χ1) is 5.25. The molecule has 1 fully saturated rings. The Kier molecular flexibility index (Phi) is 3.34. The minimum absolute atomic E-state index is 0.145. The van der Waals surface area contributed by atoms with Crippen LogP contribution < -0.4 is 0 Å². The number of rotatable bonds is 5. The summed E-state index contributed by atoms with van der Waals surface area (Å²) in [6, 6.07) is 0. The van der Waals surface area contributed by atoms with Crippen LogP contribution in [0.4, 0.5) is 0 Å². The van der Waals surface area contributed by atoms with Crippen LogP contribution in [-0.2, 0) is 4.74 Å². The fraction of sp³-hybridized carbons (Fsp3) is 1.00. The predicted octanol–water partition coefficient (Wildman–Crippen LogP) is 1.71. The van der Waals surface area contributed by atoms with Gasteiger partial charge < -0.3 is 9.84 Å². The molecule has 0 amide bonds. The van der Waals surface area contributed by atoms with E-state index in [1.807, 2.05) is 0 Å². The molecule has 1 saturated heterocycles. The summed E-state index contributed by atoms with van der Waals surface area (Å²) >= 11 is 0. The van der Waals surface area contributed by atoms with Crippen LogP contribution in [0.15, 0.2) is 0 Å². The smallest absolute Gasteiger partial charge is 0.110 e. The summed E-state index contributed by atoms with van der Waals surface area (Å²) in [7, 11) is 0. The van der Waals surface area contributed by atoms with Gasteiger partial charge in [-0.1, -0.05) is 26.2 Å². The fourth-order valence-corrected chi connectivity index (χ4v) is 1.41. The van der Waals surface area contributed by atoms with Crippen LogP contribution in [0.25, 0.3) is 0 Å². The van der Waals surface area contributed by atoms with Gasteiger partial charge in [0.05, 0.1) is 12.2 Å². The topological polar surface area (TPSA) is 32.8 Å². The molecule has 1 rings (SSSR count). The predicted molar refractivity (Wildman–Crippen MR) is 44.5 cm³/mol. The molecule has 1 aliphatic heterocycles. The van der Waals surface area contributed by atoms with E-state index in [-0.39, 0.29) is 12.2 Å². The SMILES string of the molecule is CCCCCC1OC1[C@@H](C)O. The molecule has 3 atom stereocenters. The molecule has 2 nitrogen and oxygen atoms in total. The second-order valence-corrected chi connectivity index (χ2v) is 3.38. The Labute approximate surface area is 68.6 Å². The molecular weight excluding hydrogens is 140 g/mol. The number of ether oxygens (including phenoxy) is 1. The first-order valence-electron chi connectivity index (χ1n) is 4.59. The molecule has 0 aromatic rings. The van der Waals surface area contributed by atoms with Gasteiger partial charge >= 0.3 is 0 Å². The molecule has 1 aliphatic rings. The quantitative estimate of drug-likeness (QED) is 0.488. The van der Waals surface area contributed by atoms with Crippen molar-refractivity contribution < 1.29 is 9.84 Å². The first kappa shape index (κ1) is 9.01. The Morgan fingerprint density at radius 2 is 2.18 bits per heavy atom. The average molecular weight is 158 g/mol. The van der Waals surface area contributed by atoms with Crippen LogP contribution in [0.1, 0.15) is 39.5 Å². The first-order valence-corrected chi connectivity index (χ1v) is 4.59. The fourth-order valence-electron chi connectivity index (χ4n) is 1.41. The minimum Gasteiger partial charge on any atom is -0.391 e. The van der Waals surface area contributed by atoms with Crippen molar-refractivity contribution in [2.75, 3.05) is 0 Å². The van der Waals surface area contributed by atoms with Crippen molar-refractivity contribution in [2.24, 2.45) is 0 Å². The second-order valence-electron chi connectivity index (χ2n) is 3.38. The van der Waals surface area contributed by atoms with Gasteiger partial charge in [0.15, 0.2) is 0 Å². The van der Waals surface area contributed by atoms with Crippen LogP contribution in [-0.4, -0.2) is 23.4 Å². The molecule has 0 aliphatic carbocycles. The van der Waals surface area contributed by atoms with Crippen molar-refractivity contribution >= 4 is 0 Å². The van der Waals surface area contributed by atoms with E-state index in [4.69, 9.17) is 9.84 Å². The molecule has 2 unspecified atom stereocenters. The lowest BCUT2D eigenvalue weighted by Gasteiger charge is -1.96. The standard InChI is InChI=1S/C9H18O2/c1-3-4-5-6-8-9(11-8)7(2)10/h7-10H,3-6H2,1-2H3/t7-,8?,9?/m1/s1. The maximum absolute atomic E-state index is 9.09. The van der Waals surface area contributed by atoms with Crippen LogP contribution in [0.2, 0.25) is 0 Å². The summed E-state index contributed by atoms with van der Waals surface area (Å²) in [6.45, 7) is 3.99. The molecule has 0 aromatic carbocycles. The Morgan fingerprint density at radius 3 is 2.64 bits per heavy atom. The van der Waals surface area contributed by atoms with Gasteiger partial charge in [0.1, 0.15) is 6.10 Å². The number of epoxide rings is 1. The lowest BCUT2D eigenvalue weighted by molar-refractivity contribution is 0.152. The lowest BCUT2D eigenvalue weighted by Crippen LogP contribution is -2.11. The Hall–Kier alpha value is -0.0800. The highest BCUT2D eigenvalue weighted by molar-refractivity contribution is 4.88. The monoisotopic (exact) mass is 158 g/mol. The molecule has 0 spiro atoms. The van der Waals surface area contributed by atoms with Crippen molar-refractivity contribution in [1.82, 2.24) is 0 Å². The Morgan fingerprint density at radius 1 is 1.45 bits per heavy atom. The van der Waals surface area contributed by atoms with Crippen molar-refractivity contribution in [2.45, 2.75) is 57.8 Å². The summed E-state index contributed by atoms with van der Waals surface area (Å²) in [5.74, 6) is 0. The maximum atomic E-state index is 9.09. The zero-order valence-electron chi connectivity index (χ0n) is 7.42. The highest BCUT2D eigenvalue weighted by Gasteiger charge is 2.41. The number of hydrogen-bond acceptors (Lipinski definition) is 2. The van der Waals surface area contributed by atoms with E-state index in [0.717, 1.165) is 6.42 Å². The lowest BCUT2D eigenvalue weighted by atomic mass is 10.1. The van der Waals surface area contributed by atoms with Crippen LogP contribution in [0, 0.1) is 0 Å². The molecule has 1 heterocycles. The number of unbranched alkanes of at least 4 members (excludes halogenated alkanes) is 2. The molecule has 1 N–H and O–H groups in total. The van der Waals surface area contributed by atoms with Gasteiger partial charge in [-0.3, -0.25) is 0 Å². The number of hydrogen-bond donors (Lipinski definition) is 1. The van der Waals surface area contributed by atoms with Crippen molar-refractivity contribution in [3.05, 3.63) is 0 Å². The van der Waals surface area contributed by atoms with Gasteiger partial charge in [0.25, 0.3) is 0 Å². The largest absolute Gasteiger partial charge is 0.391 e. The minimum atomic E-state index is -0.276. The third-order valence-electron chi connectivity index (χ3n) is 2.19. The normalized spacial score (nSPS) is 31.9. The molecule has 66 valence electrons. The molecule has 0 bridgehead atoms. The van der Waals surface area contributed by atoms with Crippen molar-refractivity contribution in [3.8, 4) is 0 Å². The summed E-state index contributed by atoms with van der Waals surface area (Å²) < 4.78 is 5.27. The van der Waals surface area contributed by atoms with Gasteiger partial charge in [-0.2, -0.15) is 0 Å². The van der Waals surface area contributed by atoms with Crippen LogP contribution in [0.5, 0.6) is 0 Å². The zero-order chi connectivity index (χ0) is 8.27.